The normalized spacial score (nSPS) is 14.5. The lowest BCUT2D eigenvalue weighted by atomic mass is 10.2. The predicted octanol–water partition coefficient (Wildman–Crippen LogP) is 3.88. The molecule has 8 nitrogen and oxygen atoms in total. The highest BCUT2D eigenvalue weighted by Crippen LogP contribution is 2.30. The molecular weight excluding hydrogens is 452 g/mol. The van der Waals surface area contributed by atoms with Crippen LogP contribution in [-0.2, 0) is 10.0 Å². The minimum atomic E-state index is -3.77. The molecule has 0 radical (unpaired) electrons. The summed E-state index contributed by atoms with van der Waals surface area (Å²) in [6.45, 7) is 2.73. The minimum absolute atomic E-state index is 0.0194. The van der Waals surface area contributed by atoms with Crippen molar-refractivity contribution in [3.63, 3.8) is 0 Å². The van der Waals surface area contributed by atoms with Crippen molar-refractivity contribution in [3.8, 4) is 11.4 Å². The fourth-order valence-corrected chi connectivity index (χ4v) is 5.55. The Hall–Kier alpha value is -2.88. The van der Waals surface area contributed by atoms with Gasteiger partial charge in [0, 0.05) is 29.7 Å². The largest absolute Gasteiger partial charge is 0.495 e. The molecule has 0 saturated carbocycles. The Labute approximate surface area is 191 Å². The third-order valence-electron chi connectivity index (χ3n) is 5.23. The number of methoxy groups -OCH3 is 1. The molecule has 168 valence electrons. The summed E-state index contributed by atoms with van der Waals surface area (Å²) in [6.07, 6.45) is 1.63. The summed E-state index contributed by atoms with van der Waals surface area (Å²) in [6, 6.07) is 13.2. The van der Waals surface area contributed by atoms with Gasteiger partial charge in [0.05, 0.1) is 18.5 Å². The SMILES string of the molecule is COc1ccc(C(=O)Nc2cc(C)nn2-c2cccc(Cl)c2)cc1S(=O)(=O)N1CCCC1. The van der Waals surface area contributed by atoms with Gasteiger partial charge in [0.2, 0.25) is 10.0 Å². The van der Waals surface area contributed by atoms with Crippen LogP contribution in [0.4, 0.5) is 5.82 Å². The lowest BCUT2D eigenvalue weighted by Crippen LogP contribution is -2.28. The minimum Gasteiger partial charge on any atom is -0.495 e. The van der Waals surface area contributed by atoms with Crippen LogP contribution in [0, 0.1) is 6.92 Å². The molecule has 1 fully saturated rings. The molecule has 10 heteroatoms. The Kier molecular flexibility index (Phi) is 6.23. The number of nitrogens with one attached hydrogen (secondary N) is 1. The van der Waals surface area contributed by atoms with Gasteiger partial charge in [-0.1, -0.05) is 17.7 Å². The first kappa shape index (κ1) is 22.3. The van der Waals surface area contributed by atoms with E-state index < -0.39 is 15.9 Å². The van der Waals surface area contributed by atoms with Crippen LogP contribution < -0.4 is 10.1 Å². The molecule has 0 atom stereocenters. The number of anilines is 1. The highest BCUT2D eigenvalue weighted by molar-refractivity contribution is 7.89. The monoisotopic (exact) mass is 474 g/mol. The van der Waals surface area contributed by atoms with Gasteiger partial charge >= 0.3 is 0 Å². The number of sulfonamides is 1. The summed E-state index contributed by atoms with van der Waals surface area (Å²) in [5.41, 5.74) is 1.58. The number of amides is 1. The molecule has 1 aliphatic rings. The Morgan fingerprint density at radius 1 is 1.12 bits per heavy atom. The topological polar surface area (TPSA) is 93.5 Å². The van der Waals surface area contributed by atoms with E-state index in [9.17, 15) is 13.2 Å². The zero-order valence-electron chi connectivity index (χ0n) is 17.7. The van der Waals surface area contributed by atoms with Gasteiger partial charge in [0.1, 0.15) is 16.5 Å². The number of aryl methyl sites for hydroxylation is 1. The van der Waals surface area contributed by atoms with Crippen molar-refractivity contribution < 1.29 is 17.9 Å². The standard InChI is InChI=1S/C22H23ClN4O4S/c1-15-12-21(27(25-15)18-7-5-6-17(23)14-18)24-22(28)16-8-9-19(31-2)20(13-16)32(29,30)26-10-3-4-11-26/h5-9,12-14H,3-4,10-11H2,1-2H3,(H,24,28). The average molecular weight is 475 g/mol. The van der Waals surface area contributed by atoms with E-state index in [0.29, 0.717) is 35.3 Å². The van der Waals surface area contributed by atoms with Crippen molar-refractivity contribution in [2.75, 3.05) is 25.5 Å². The van der Waals surface area contributed by atoms with Gasteiger partial charge in [-0.25, -0.2) is 13.1 Å². The van der Waals surface area contributed by atoms with Crippen LogP contribution in [0.15, 0.2) is 53.4 Å². The number of nitrogens with zero attached hydrogens (tertiary/aromatic N) is 3. The van der Waals surface area contributed by atoms with Crippen LogP contribution in [0.5, 0.6) is 5.75 Å². The average Bonchev–Trinajstić information content (AvgIpc) is 3.44. The van der Waals surface area contributed by atoms with Gasteiger partial charge in [-0.05, 0) is 56.2 Å². The van der Waals surface area contributed by atoms with E-state index in [-0.39, 0.29) is 16.2 Å². The highest BCUT2D eigenvalue weighted by Gasteiger charge is 2.30. The summed E-state index contributed by atoms with van der Waals surface area (Å²) >= 11 is 6.10. The molecule has 2 heterocycles. The molecule has 0 spiro atoms. The Morgan fingerprint density at radius 3 is 2.56 bits per heavy atom. The maximum atomic E-state index is 13.1. The number of ether oxygens (including phenoxy) is 1. The maximum absolute atomic E-state index is 13.1. The van der Waals surface area contributed by atoms with Crippen molar-refractivity contribution in [2.45, 2.75) is 24.7 Å². The molecule has 3 aromatic rings. The van der Waals surface area contributed by atoms with E-state index in [1.54, 1.807) is 28.9 Å². The van der Waals surface area contributed by atoms with Gasteiger partial charge in [-0.15, -0.1) is 0 Å². The van der Waals surface area contributed by atoms with Crippen LogP contribution in [0.2, 0.25) is 5.02 Å². The molecular formula is C22H23ClN4O4S. The molecule has 4 rings (SSSR count). The van der Waals surface area contributed by atoms with Crippen LogP contribution in [0.25, 0.3) is 5.69 Å². The second-order valence-corrected chi connectivity index (χ2v) is 9.84. The van der Waals surface area contributed by atoms with Gasteiger partial charge in [0.25, 0.3) is 5.91 Å². The fraction of sp³-hybridized carbons (Fsp3) is 0.273. The second kappa shape index (κ2) is 8.93. The lowest BCUT2D eigenvalue weighted by molar-refractivity contribution is 0.102. The van der Waals surface area contributed by atoms with Crippen molar-refractivity contribution in [3.05, 3.63) is 64.8 Å². The second-order valence-electron chi connectivity index (χ2n) is 7.49. The summed E-state index contributed by atoms with van der Waals surface area (Å²) in [5, 5.41) is 7.79. The Bertz CT molecular complexity index is 1270. The Morgan fingerprint density at radius 2 is 1.88 bits per heavy atom. The number of carbonyl (C=O) groups is 1. The van der Waals surface area contributed by atoms with Crippen LogP contribution in [-0.4, -0.2) is 48.6 Å². The van der Waals surface area contributed by atoms with Gasteiger partial charge in [-0.2, -0.15) is 9.40 Å². The van der Waals surface area contributed by atoms with Gasteiger partial charge in [-0.3, -0.25) is 4.79 Å². The molecule has 0 bridgehead atoms. The summed E-state index contributed by atoms with van der Waals surface area (Å²) in [7, 11) is -2.36. The smallest absolute Gasteiger partial charge is 0.256 e. The van der Waals surface area contributed by atoms with E-state index in [1.165, 1.54) is 29.6 Å². The lowest BCUT2D eigenvalue weighted by Gasteiger charge is -2.18. The number of carbonyl (C=O) groups excluding carboxylic acids is 1. The molecule has 32 heavy (non-hydrogen) atoms. The number of benzene rings is 2. The molecule has 2 aromatic carbocycles. The third kappa shape index (κ3) is 4.36. The maximum Gasteiger partial charge on any atom is 0.256 e. The van der Waals surface area contributed by atoms with Crippen LogP contribution in [0.3, 0.4) is 0 Å². The molecule has 1 amide bonds. The van der Waals surface area contributed by atoms with E-state index >= 15 is 0 Å². The molecule has 1 saturated heterocycles. The number of rotatable bonds is 6. The van der Waals surface area contributed by atoms with Crippen molar-refractivity contribution >= 4 is 33.3 Å². The highest BCUT2D eigenvalue weighted by atomic mass is 35.5. The van der Waals surface area contributed by atoms with Crippen molar-refractivity contribution in [1.29, 1.82) is 0 Å². The van der Waals surface area contributed by atoms with E-state index in [2.05, 4.69) is 10.4 Å². The number of hydrogen-bond donors (Lipinski definition) is 1. The molecule has 0 unspecified atom stereocenters. The quantitative estimate of drug-likeness (QED) is 0.585. The van der Waals surface area contributed by atoms with Crippen molar-refractivity contribution in [1.82, 2.24) is 14.1 Å². The number of hydrogen-bond acceptors (Lipinski definition) is 5. The summed E-state index contributed by atoms with van der Waals surface area (Å²) in [4.78, 5) is 13.0. The van der Waals surface area contributed by atoms with Gasteiger partial charge in [0.15, 0.2) is 0 Å². The first-order chi connectivity index (χ1) is 15.3. The zero-order chi connectivity index (χ0) is 22.9. The molecule has 1 N–H and O–H groups in total. The van der Waals surface area contributed by atoms with Crippen molar-refractivity contribution in [2.24, 2.45) is 0 Å². The van der Waals surface area contributed by atoms with E-state index in [1.807, 2.05) is 13.0 Å². The Balaban J connectivity index is 1.67. The fourth-order valence-electron chi connectivity index (χ4n) is 3.67. The first-order valence-corrected chi connectivity index (χ1v) is 11.9. The molecule has 1 aromatic heterocycles. The molecule has 1 aliphatic heterocycles. The first-order valence-electron chi connectivity index (χ1n) is 10.1. The van der Waals surface area contributed by atoms with E-state index in [4.69, 9.17) is 16.3 Å². The summed E-state index contributed by atoms with van der Waals surface area (Å²) in [5.74, 6) is 0.177. The zero-order valence-corrected chi connectivity index (χ0v) is 19.3. The molecule has 0 aliphatic carbocycles. The number of aromatic nitrogens is 2. The number of halogens is 1. The summed E-state index contributed by atoms with van der Waals surface area (Å²) < 4.78 is 34.5. The van der Waals surface area contributed by atoms with Crippen LogP contribution >= 0.6 is 11.6 Å². The third-order valence-corrected chi connectivity index (χ3v) is 7.39. The van der Waals surface area contributed by atoms with E-state index in [0.717, 1.165) is 12.8 Å². The van der Waals surface area contributed by atoms with Gasteiger partial charge < -0.3 is 10.1 Å². The predicted molar refractivity (Wildman–Crippen MR) is 122 cm³/mol. The van der Waals surface area contributed by atoms with Crippen LogP contribution in [0.1, 0.15) is 28.9 Å².